The van der Waals surface area contributed by atoms with Gasteiger partial charge in [0, 0.05) is 9.84 Å². The maximum atomic E-state index is 11.7. The third kappa shape index (κ3) is 1.21. The van der Waals surface area contributed by atoms with Crippen molar-refractivity contribution in [3.8, 4) is 0 Å². The van der Waals surface area contributed by atoms with Gasteiger partial charge in [0.25, 0.3) is 0 Å². The molecule has 0 aromatic heterocycles. The lowest BCUT2D eigenvalue weighted by atomic mass is 9.87. The molecule has 0 radical (unpaired) electrons. The fourth-order valence-electron chi connectivity index (χ4n) is 3.24. The monoisotopic (exact) mass is 342 g/mol. The molecule has 2 saturated carbocycles. The lowest BCUT2D eigenvalue weighted by molar-refractivity contribution is -0.146. The second kappa shape index (κ2) is 3.40. The summed E-state index contributed by atoms with van der Waals surface area (Å²) in [6, 6.07) is 0. The van der Waals surface area contributed by atoms with Crippen LogP contribution in [0.4, 0.5) is 0 Å². The molecule has 1 aliphatic heterocycles. The van der Waals surface area contributed by atoms with Crippen LogP contribution in [0.25, 0.3) is 0 Å². The summed E-state index contributed by atoms with van der Waals surface area (Å²) < 4.78 is 22.3. The quantitative estimate of drug-likeness (QED) is 0.399. The van der Waals surface area contributed by atoms with Crippen molar-refractivity contribution < 1.29 is 17.9 Å². The van der Waals surface area contributed by atoms with E-state index in [2.05, 4.69) is 22.6 Å². The average molecular weight is 342 g/mol. The molecule has 7 atom stereocenters. The third-order valence-electron chi connectivity index (χ3n) is 3.83. The summed E-state index contributed by atoms with van der Waals surface area (Å²) in [4.78, 5) is 11.7. The first-order valence-corrected chi connectivity index (χ1v) is 7.33. The van der Waals surface area contributed by atoms with Crippen LogP contribution in [0.15, 0.2) is 0 Å². The highest BCUT2D eigenvalue weighted by molar-refractivity contribution is 14.1. The van der Waals surface area contributed by atoms with Crippen molar-refractivity contribution in [3.05, 3.63) is 0 Å². The Hall–Kier alpha value is 0.310. The van der Waals surface area contributed by atoms with Gasteiger partial charge in [0.05, 0.1) is 24.4 Å². The van der Waals surface area contributed by atoms with Crippen molar-refractivity contribution in [3.63, 3.8) is 0 Å². The van der Waals surface area contributed by atoms with Gasteiger partial charge in [0.1, 0.15) is 0 Å². The largest absolute Gasteiger partial charge is 0.469 e. The molecule has 1 heterocycles. The number of rotatable bonds is 1. The molecule has 0 N–H and O–H groups in total. The predicted molar refractivity (Wildman–Crippen MR) is 61.7 cm³/mol. The van der Waals surface area contributed by atoms with E-state index in [1.807, 2.05) is 0 Å². The summed E-state index contributed by atoms with van der Waals surface area (Å²) in [7, 11) is 1.40. The number of alkyl halides is 1. The number of esters is 1. The van der Waals surface area contributed by atoms with Gasteiger partial charge in [-0.05, 0) is 12.3 Å². The number of ether oxygens (including phenoxy) is 1. The Kier molecular flexibility index (Phi) is 2.37. The van der Waals surface area contributed by atoms with Gasteiger partial charge in [-0.1, -0.05) is 22.6 Å². The van der Waals surface area contributed by atoms with E-state index in [4.69, 9.17) is 8.92 Å². The average Bonchev–Trinajstić information content (AvgIpc) is 2.80. The summed E-state index contributed by atoms with van der Waals surface area (Å²) in [6.07, 6.45) is 1.07. The minimum atomic E-state index is -1.30. The Morgan fingerprint density at radius 3 is 2.93 bits per heavy atom. The highest BCUT2D eigenvalue weighted by Gasteiger charge is 2.67. The molecule has 0 unspecified atom stereocenters. The third-order valence-corrected chi connectivity index (χ3v) is 6.96. The Balaban J connectivity index is 1.98. The van der Waals surface area contributed by atoms with Gasteiger partial charge in [-0.3, -0.25) is 8.98 Å². The summed E-state index contributed by atoms with van der Waals surface area (Å²) >= 11 is 1.03. The van der Waals surface area contributed by atoms with Crippen molar-refractivity contribution in [1.29, 1.82) is 0 Å². The zero-order valence-electron chi connectivity index (χ0n) is 8.09. The van der Waals surface area contributed by atoms with E-state index in [1.54, 1.807) is 0 Å². The maximum Gasteiger partial charge on any atom is 0.310 e. The fourth-order valence-corrected chi connectivity index (χ4v) is 6.57. The van der Waals surface area contributed by atoms with E-state index < -0.39 is 11.1 Å². The minimum Gasteiger partial charge on any atom is -0.469 e. The fraction of sp³-hybridized carbons (Fsp3) is 0.889. The van der Waals surface area contributed by atoms with Crippen LogP contribution in [-0.2, 0) is 24.8 Å². The van der Waals surface area contributed by atoms with Crippen molar-refractivity contribution >= 4 is 39.6 Å². The molecule has 1 saturated heterocycles. The van der Waals surface area contributed by atoms with E-state index in [9.17, 15) is 9.00 Å². The molecular formula is C9H11IO4S. The van der Waals surface area contributed by atoms with Crippen LogP contribution in [-0.4, -0.2) is 32.6 Å². The van der Waals surface area contributed by atoms with Crippen molar-refractivity contribution in [2.24, 2.45) is 17.8 Å². The first-order chi connectivity index (χ1) is 7.15. The standard InChI is InChI=1S/C9H11IO4S/c1-13-9(11)5-3-2-4-7(6(3)10)14-15(12)8(4)5/h3-8H,2H2,1H3/t3-,4-,5+,6-,7-,8+,15+/m0/s1. The molecule has 6 heteroatoms. The Bertz CT molecular complexity index is 347. The number of carbonyl (C=O) groups is 1. The molecule has 3 fully saturated rings. The normalized spacial score (nSPS) is 56.0. The van der Waals surface area contributed by atoms with E-state index in [1.165, 1.54) is 7.11 Å². The van der Waals surface area contributed by atoms with E-state index in [0.29, 0.717) is 15.8 Å². The number of methoxy groups -OCH3 is 1. The minimum absolute atomic E-state index is 0.0994. The zero-order chi connectivity index (χ0) is 10.7. The summed E-state index contributed by atoms with van der Waals surface area (Å²) in [5.41, 5.74) is 0. The Morgan fingerprint density at radius 1 is 1.53 bits per heavy atom. The van der Waals surface area contributed by atoms with Gasteiger partial charge < -0.3 is 4.74 Å². The topological polar surface area (TPSA) is 52.6 Å². The second-order valence-corrected chi connectivity index (χ2v) is 7.04. The predicted octanol–water partition coefficient (Wildman–Crippen LogP) is 0.660. The van der Waals surface area contributed by atoms with Gasteiger partial charge in [-0.25, -0.2) is 4.21 Å². The lowest BCUT2D eigenvalue weighted by Crippen LogP contribution is -2.40. The van der Waals surface area contributed by atoms with Crippen LogP contribution in [0.2, 0.25) is 0 Å². The Morgan fingerprint density at radius 2 is 2.27 bits per heavy atom. The van der Waals surface area contributed by atoms with E-state index in [-0.39, 0.29) is 23.2 Å². The van der Waals surface area contributed by atoms with Crippen LogP contribution < -0.4 is 0 Å². The van der Waals surface area contributed by atoms with Crippen LogP contribution in [0.5, 0.6) is 0 Å². The number of fused-ring (bicyclic) bond motifs is 1. The van der Waals surface area contributed by atoms with E-state index >= 15 is 0 Å². The SMILES string of the molecule is COC(=O)[C@@H]1[C@@H]2C[C@H]3[C@H](O[S@@](=O)[C@H]31)[C@H]2I. The summed E-state index contributed by atoms with van der Waals surface area (Å²) in [5, 5.41) is -0.113. The van der Waals surface area contributed by atoms with Gasteiger partial charge in [0.15, 0.2) is 11.1 Å². The summed E-state index contributed by atoms with van der Waals surface area (Å²) in [6.45, 7) is 0. The maximum absolute atomic E-state index is 11.7. The molecule has 2 aliphatic carbocycles. The van der Waals surface area contributed by atoms with Crippen molar-refractivity contribution in [2.45, 2.75) is 21.7 Å². The van der Waals surface area contributed by atoms with Gasteiger partial charge in [0.2, 0.25) is 0 Å². The van der Waals surface area contributed by atoms with Crippen molar-refractivity contribution in [2.75, 3.05) is 7.11 Å². The molecule has 0 aromatic carbocycles. The molecular weight excluding hydrogens is 331 g/mol. The van der Waals surface area contributed by atoms with Gasteiger partial charge in [-0.2, -0.15) is 0 Å². The molecule has 2 bridgehead atoms. The lowest BCUT2D eigenvalue weighted by Gasteiger charge is -2.26. The first kappa shape index (κ1) is 10.5. The highest BCUT2D eigenvalue weighted by Crippen LogP contribution is 2.58. The van der Waals surface area contributed by atoms with Crippen LogP contribution in [0.3, 0.4) is 0 Å². The molecule has 3 rings (SSSR count). The van der Waals surface area contributed by atoms with Crippen molar-refractivity contribution in [1.82, 2.24) is 0 Å². The smallest absolute Gasteiger partial charge is 0.310 e. The summed E-state index contributed by atoms with van der Waals surface area (Å²) in [5.74, 6) is 0.180. The van der Waals surface area contributed by atoms with Crippen LogP contribution in [0, 0.1) is 17.8 Å². The second-order valence-electron chi connectivity index (χ2n) is 4.34. The van der Waals surface area contributed by atoms with E-state index in [0.717, 1.165) is 6.42 Å². The molecule has 4 nitrogen and oxygen atoms in total. The molecule has 0 amide bonds. The van der Waals surface area contributed by atoms with Crippen LogP contribution in [0.1, 0.15) is 6.42 Å². The number of hydrogen-bond donors (Lipinski definition) is 0. The first-order valence-electron chi connectivity index (χ1n) is 4.94. The number of carbonyl (C=O) groups excluding carboxylic acids is 1. The van der Waals surface area contributed by atoms with Crippen LogP contribution >= 0.6 is 22.6 Å². The zero-order valence-corrected chi connectivity index (χ0v) is 11.1. The van der Waals surface area contributed by atoms with Gasteiger partial charge in [-0.15, -0.1) is 0 Å². The Labute approximate surface area is 104 Å². The molecule has 84 valence electrons. The number of hydrogen-bond acceptors (Lipinski definition) is 4. The molecule has 15 heavy (non-hydrogen) atoms. The molecule has 3 aliphatic rings. The highest BCUT2D eigenvalue weighted by atomic mass is 127. The molecule has 0 spiro atoms. The number of halogens is 1. The van der Waals surface area contributed by atoms with Gasteiger partial charge >= 0.3 is 5.97 Å². The molecule has 0 aromatic rings.